The van der Waals surface area contributed by atoms with Crippen molar-refractivity contribution in [1.82, 2.24) is 30.0 Å². The summed E-state index contributed by atoms with van der Waals surface area (Å²) >= 11 is 1.51. The van der Waals surface area contributed by atoms with Crippen LogP contribution < -0.4 is 5.32 Å². The van der Waals surface area contributed by atoms with Crippen molar-refractivity contribution in [2.75, 3.05) is 0 Å². The van der Waals surface area contributed by atoms with Crippen LogP contribution in [0.2, 0.25) is 0 Å². The SMILES string of the molecule is Fc1ccc(-c2cnc3c(c2)[C@@H](NC2CC2)n2nc(-c4cccnc4)nc2S3)cc1. The second-order valence-electron chi connectivity index (χ2n) is 7.48. The minimum Gasteiger partial charge on any atom is -0.289 e. The standard InChI is InChI=1S/C22H17FN6S/c23-16-5-3-13(4-6-16)15-10-18-20(26-17-7-8-17)29-22(30-21(18)25-12-15)27-19(28-29)14-2-1-9-24-11-14/h1-6,9-12,17,20,26H,7-8H2/t20-/m0/s1. The van der Waals surface area contributed by atoms with Crippen molar-refractivity contribution in [3.05, 3.63) is 72.4 Å². The Kier molecular flexibility index (Phi) is 4.14. The molecule has 1 N–H and O–H groups in total. The molecule has 148 valence electrons. The summed E-state index contributed by atoms with van der Waals surface area (Å²) in [5.41, 5.74) is 3.83. The number of rotatable bonds is 4. The van der Waals surface area contributed by atoms with Crippen LogP contribution in [0.25, 0.3) is 22.5 Å². The van der Waals surface area contributed by atoms with Crippen LogP contribution in [-0.4, -0.2) is 30.8 Å². The molecule has 2 aliphatic rings. The Labute approximate surface area is 176 Å². The van der Waals surface area contributed by atoms with Crippen molar-refractivity contribution in [2.45, 2.75) is 35.2 Å². The summed E-state index contributed by atoms with van der Waals surface area (Å²) in [6.07, 6.45) is 7.51. The van der Waals surface area contributed by atoms with Gasteiger partial charge in [-0.25, -0.2) is 19.0 Å². The van der Waals surface area contributed by atoms with Gasteiger partial charge in [0.05, 0.1) is 0 Å². The Morgan fingerprint density at radius 3 is 2.67 bits per heavy atom. The van der Waals surface area contributed by atoms with E-state index in [-0.39, 0.29) is 12.0 Å². The molecule has 1 saturated carbocycles. The highest BCUT2D eigenvalue weighted by Gasteiger charge is 2.34. The lowest BCUT2D eigenvalue weighted by Gasteiger charge is -2.26. The van der Waals surface area contributed by atoms with Crippen molar-refractivity contribution in [1.29, 1.82) is 0 Å². The van der Waals surface area contributed by atoms with Crippen molar-refractivity contribution in [2.24, 2.45) is 0 Å². The Hall–Kier alpha value is -3.10. The number of nitrogens with one attached hydrogen (secondary N) is 1. The fourth-order valence-corrected chi connectivity index (χ4v) is 4.51. The van der Waals surface area contributed by atoms with E-state index in [2.05, 4.69) is 16.4 Å². The van der Waals surface area contributed by atoms with Crippen molar-refractivity contribution in [3.63, 3.8) is 0 Å². The Morgan fingerprint density at radius 2 is 1.90 bits per heavy atom. The molecule has 1 aromatic carbocycles. The summed E-state index contributed by atoms with van der Waals surface area (Å²) in [4.78, 5) is 13.6. The molecular formula is C22H17FN6S. The molecule has 0 radical (unpaired) electrons. The first-order valence-corrected chi connectivity index (χ1v) is 10.6. The van der Waals surface area contributed by atoms with Gasteiger partial charge in [-0.2, -0.15) is 0 Å². The number of pyridine rings is 2. The summed E-state index contributed by atoms with van der Waals surface area (Å²) in [7, 11) is 0. The average molecular weight is 416 g/mol. The van der Waals surface area contributed by atoms with Crippen LogP contribution in [0.5, 0.6) is 0 Å². The van der Waals surface area contributed by atoms with Gasteiger partial charge in [-0.1, -0.05) is 12.1 Å². The van der Waals surface area contributed by atoms with Crippen molar-refractivity contribution >= 4 is 11.8 Å². The number of benzene rings is 1. The molecule has 1 aliphatic heterocycles. The molecular weight excluding hydrogens is 399 g/mol. The molecule has 6 rings (SSSR count). The molecule has 6 nitrogen and oxygen atoms in total. The third kappa shape index (κ3) is 3.18. The van der Waals surface area contributed by atoms with E-state index in [1.54, 1.807) is 24.5 Å². The van der Waals surface area contributed by atoms with Crippen molar-refractivity contribution < 1.29 is 4.39 Å². The van der Waals surface area contributed by atoms with E-state index >= 15 is 0 Å². The van der Waals surface area contributed by atoms with Crippen LogP contribution >= 0.6 is 11.8 Å². The Bertz CT molecular complexity index is 1220. The third-order valence-electron chi connectivity index (χ3n) is 5.27. The topological polar surface area (TPSA) is 68.5 Å². The van der Waals surface area contributed by atoms with Gasteiger partial charge in [0.1, 0.15) is 17.0 Å². The van der Waals surface area contributed by atoms with E-state index < -0.39 is 0 Å². The van der Waals surface area contributed by atoms with Crippen LogP contribution in [-0.2, 0) is 0 Å². The van der Waals surface area contributed by atoms with Gasteiger partial charge in [0.25, 0.3) is 0 Å². The normalized spacial score (nSPS) is 17.4. The zero-order valence-electron chi connectivity index (χ0n) is 15.9. The van der Waals surface area contributed by atoms with Crippen LogP contribution in [0.3, 0.4) is 0 Å². The van der Waals surface area contributed by atoms with Gasteiger partial charge in [-0.15, -0.1) is 5.10 Å². The predicted octanol–water partition coefficient (Wildman–Crippen LogP) is 4.30. The van der Waals surface area contributed by atoms with Crippen LogP contribution in [0.1, 0.15) is 24.6 Å². The van der Waals surface area contributed by atoms with Crippen LogP contribution in [0, 0.1) is 5.82 Å². The van der Waals surface area contributed by atoms with E-state index in [1.807, 2.05) is 23.0 Å². The lowest BCUT2D eigenvalue weighted by atomic mass is 10.0. The van der Waals surface area contributed by atoms with Gasteiger partial charge in [0.2, 0.25) is 0 Å². The average Bonchev–Trinajstić information content (AvgIpc) is 3.50. The Balaban J connectivity index is 1.44. The molecule has 1 atom stereocenters. The fraction of sp³-hybridized carbons (Fsp3) is 0.182. The molecule has 0 unspecified atom stereocenters. The molecule has 30 heavy (non-hydrogen) atoms. The quantitative estimate of drug-likeness (QED) is 0.535. The lowest BCUT2D eigenvalue weighted by Crippen LogP contribution is -2.33. The van der Waals surface area contributed by atoms with Gasteiger partial charge in [0, 0.05) is 41.3 Å². The third-order valence-corrected chi connectivity index (χ3v) is 6.27. The van der Waals surface area contributed by atoms with Gasteiger partial charge < -0.3 is 0 Å². The molecule has 1 aliphatic carbocycles. The van der Waals surface area contributed by atoms with Gasteiger partial charge >= 0.3 is 0 Å². The lowest BCUT2D eigenvalue weighted by molar-refractivity contribution is 0.384. The molecule has 8 heteroatoms. The molecule has 1 fully saturated rings. The van der Waals surface area contributed by atoms with E-state index in [1.165, 1.54) is 23.9 Å². The number of halogens is 1. The maximum absolute atomic E-state index is 13.3. The molecule has 0 saturated heterocycles. The monoisotopic (exact) mass is 416 g/mol. The van der Waals surface area contributed by atoms with Gasteiger partial charge in [-0.3, -0.25) is 10.3 Å². The van der Waals surface area contributed by atoms with Crippen molar-refractivity contribution in [3.8, 4) is 22.5 Å². The fourth-order valence-electron chi connectivity index (χ4n) is 3.57. The number of fused-ring (bicyclic) bond motifs is 2. The zero-order chi connectivity index (χ0) is 20.1. The first kappa shape index (κ1) is 17.7. The molecule has 4 heterocycles. The van der Waals surface area contributed by atoms with Gasteiger partial charge in [0.15, 0.2) is 11.0 Å². The van der Waals surface area contributed by atoms with Crippen LogP contribution in [0.15, 0.2) is 71.2 Å². The molecule has 0 bridgehead atoms. The summed E-state index contributed by atoms with van der Waals surface area (Å²) in [6, 6.07) is 12.9. The largest absolute Gasteiger partial charge is 0.289 e. The highest BCUT2D eigenvalue weighted by atomic mass is 32.2. The molecule has 0 amide bonds. The smallest absolute Gasteiger partial charge is 0.194 e. The maximum atomic E-state index is 13.3. The highest BCUT2D eigenvalue weighted by Crippen LogP contribution is 2.41. The first-order chi connectivity index (χ1) is 14.7. The summed E-state index contributed by atoms with van der Waals surface area (Å²) in [6.45, 7) is 0. The van der Waals surface area contributed by atoms with E-state index in [4.69, 9.17) is 15.1 Å². The van der Waals surface area contributed by atoms with E-state index in [0.29, 0.717) is 11.9 Å². The molecule has 0 spiro atoms. The maximum Gasteiger partial charge on any atom is 0.194 e. The Morgan fingerprint density at radius 1 is 1.03 bits per heavy atom. The molecule has 4 aromatic rings. The number of hydrogen-bond donors (Lipinski definition) is 1. The second-order valence-corrected chi connectivity index (χ2v) is 8.43. The van der Waals surface area contributed by atoms with Crippen LogP contribution in [0.4, 0.5) is 4.39 Å². The van der Waals surface area contributed by atoms with E-state index in [9.17, 15) is 4.39 Å². The summed E-state index contributed by atoms with van der Waals surface area (Å²) in [5.74, 6) is 0.406. The zero-order valence-corrected chi connectivity index (χ0v) is 16.7. The summed E-state index contributed by atoms with van der Waals surface area (Å²) in [5, 5.41) is 10.2. The highest BCUT2D eigenvalue weighted by molar-refractivity contribution is 7.99. The minimum absolute atomic E-state index is 0.144. The minimum atomic E-state index is -0.247. The molecule has 3 aromatic heterocycles. The number of aromatic nitrogens is 5. The first-order valence-electron chi connectivity index (χ1n) is 9.81. The number of nitrogens with zero attached hydrogens (tertiary/aromatic N) is 5. The number of hydrogen-bond acceptors (Lipinski definition) is 6. The van der Waals surface area contributed by atoms with Gasteiger partial charge in [-0.05, 0) is 60.5 Å². The van der Waals surface area contributed by atoms with E-state index in [0.717, 1.165) is 45.3 Å². The second kappa shape index (κ2) is 7.00. The summed E-state index contributed by atoms with van der Waals surface area (Å²) < 4.78 is 15.3. The predicted molar refractivity (Wildman–Crippen MR) is 111 cm³/mol.